The Morgan fingerprint density at radius 2 is 1.72 bits per heavy atom. The fourth-order valence-corrected chi connectivity index (χ4v) is 3.32. The maximum absolute atomic E-state index is 12.4. The number of ether oxygens (including phenoxy) is 2. The molecule has 1 aromatic heterocycles. The number of benzene rings is 2. The largest absolute Gasteiger partial charge is 0.573 e. The van der Waals surface area contributed by atoms with Crippen LogP contribution in [0.2, 0.25) is 0 Å². The third kappa shape index (κ3) is 5.23. The number of primary amides is 1. The Morgan fingerprint density at radius 3 is 2.28 bits per heavy atom. The molecule has 2 N–H and O–H groups in total. The zero-order valence-electron chi connectivity index (χ0n) is 15.1. The van der Waals surface area contributed by atoms with Gasteiger partial charge in [-0.2, -0.15) is 0 Å². The molecule has 29 heavy (non-hydrogen) atoms. The van der Waals surface area contributed by atoms with Gasteiger partial charge in [0.25, 0.3) is 0 Å². The minimum absolute atomic E-state index is 0.00827. The number of imidazole rings is 1. The summed E-state index contributed by atoms with van der Waals surface area (Å²) >= 11 is 1.13. The Bertz CT molecular complexity index is 987. The van der Waals surface area contributed by atoms with Crippen molar-refractivity contribution in [3.63, 3.8) is 0 Å². The quantitative estimate of drug-likeness (QED) is 0.581. The third-order valence-corrected chi connectivity index (χ3v) is 4.76. The molecule has 0 aliphatic rings. The Labute approximate surface area is 168 Å². The van der Waals surface area contributed by atoms with Crippen LogP contribution in [0.5, 0.6) is 11.5 Å². The van der Waals surface area contributed by atoms with Crippen LogP contribution in [-0.2, 0) is 4.79 Å². The number of rotatable bonds is 7. The fraction of sp³-hybridized carbons (Fsp3) is 0.158. The molecule has 1 amide bonds. The van der Waals surface area contributed by atoms with Crippen molar-refractivity contribution in [3.8, 4) is 28.4 Å². The summed E-state index contributed by atoms with van der Waals surface area (Å²) < 4.78 is 48.0. The van der Waals surface area contributed by atoms with Crippen molar-refractivity contribution in [2.24, 2.45) is 5.73 Å². The summed E-state index contributed by atoms with van der Waals surface area (Å²) in [5.41, 5.74) is 7.26. The molecule has 1 heterocycles. The maximum Gasteiger partial charge on any atom is 0.573 e. The highest BCUT2D eigenvalue weighted by molar-refractivity contribution is 7.99. The zero-order valence-corrected chi connectivity index (χ0v) is 16.0. The average molecular weight is 423 g/mol. The highest BCUT2D eigenvalue weighted by Gasteiger charge is 2.31. The molecule has 0 radical (unpaired) electrons. The van der Waals surface area contributed by atoms with Gasteiger partial charge in [-0.3, -0.25) is 9.36 Å². The minimum atomic E-state index is -4.77. The molecule has 0 unspecified atom stereocenters. The molecule has 0 spiro atoms. The molecule has 0 saturated heterocycles. The molecule has 0 atom stereocenters. The first-order valence-electron chi connectivity index (χ1n) is 8.26. The first-order chi connectivity index (χ1) is 13.8. The van der Waals surface area contributed by atoms with Crippen molar-refractivity contribution in [1.82, 2.24) is 9.55 Å². The second kappa shape index (κ2) is 8.48. The van der Waals surface area contributed by atoms with Crippen molar-refractivity contribution in [2.45, 2.75) is 11.5 Å². The van der Waals surface area contributed by atoms with Gasteiger partial charge in [-0.25, -0.2) is 4.98 Å². The van der Waals surface area contributed by atoms with E-state index in [1.165, 1.54) is 24.3 Å². The number of hydrogen-bond acceptors (Lipinski definition) is 5. The molecule has 0 saturated carbocycles. The molecule has 152 valence electrons. The lowest BCUT2D eigenvalue weighted by atomic mass is 10.1. The van der Waals surface area contributed by atoms with Gasteiger partial charge in [0.2, 0.25) is 5.91 Å². The summed E-state index contributed by atoms with van der Waals surface area (Å²) in [6.45, 7) is 0. The van der Waals surface area contributed by atoms with Crippen LogP contribution in [0, 0.1) is 0 Å². The van der Waals surface area contributed by atoms with E-state index in [1.807, 2.05) is 12.1 Å². The number of carbonyl (C=O) groups is 1. The standard InChI is InChI=1S/C19H16F3N3O3S/c1-27-14-6-2-12(3-7-14)16-10-24-18(29-11-17(23)26)25(16)13-4-8-15(9-5-13)28-19(20,21)22/h2-10H,11H2,1H3,(H2,23,26). The number of methoxy groups -OCH3 is 1. The minimum Gasteiger partial charge on any atom is -0.497 e. The molecule has 6 nitrogen and oxygen atoms in total. The van der Waals surface area contributed by atoms with Crippen LogP contribution >= 0.6 is 11.8 Å². The second-order valence-electron chi connectivity index (χ2n) is 5.79. The van der Waals surface area contributed by atoms with Crippen LogP contribution in [0.3, 0.4) is 0 Å². The smallest absolute Gasteiger partial charge is 0.497 e. The van der Waals surface area contributed by atoms with Crippen LogP contribution in [-0.4, -0.2) is 34.7 Å². The Balaban J connectivity index is 2.01. The van der Waals surface area contributed by atoms with E-state index >= 15 is 0 Å². The van der Waals surface area contributed by atoms with E-state index in [1.54, 1.807) is 30.0 Å². The van der Waals surface area contributed by atoms with E-state index in [0.717, 1.165) is 17.3 Å². The number of thioether (sulfide) groups is 1. The molecule has 2 aromatic carbocycles. The summed E-state index contributed by atoms with van der Waals surface area (Å²) in [4.78, 5) is 15.5. The van der Waals surface area contributed by atoms with Gasteiger partial charge in [0.15, 0.2) is 5.16 Å². The summed E-state index contributed by atoms with van der Waals surface area (Å²) in [6.07, 6.45) is -3.15. The predicted octanol–water partition coefficient (Wildman–Crippen LogP) is 4.02. The van der Waals surface area contributed by atoms with E-state index in [2.05, 4.69) is 9.72 Å². The number of hydrogen-bond donors (Lipinski definition) is 1. The molecule has 10 heteroatoms. The average Bonchev–Trinajstić information content (AvgIpc) is 3.10. The number of carbonyl (C=O) groups excluding carboxylic acids is 1. The monoisotopic (exact) mass is 423 g/mol. The molecule has 3 rings (SSSR count). The number of halogens is 3. The summed E-state index contributed by atoms with van der Waals surface area (Å²) in [6, 6.07) is 12.6. The first kappa shape index (κ1) is 20.6. The molecule has 0 fully saturated rings. The number of aromatic nitrogens is 2. The zero-order chi connectivity index (χ0) is 21.0. The highest BCUT2D eigenvalue weighted by atomic mass is 32.2. The highest BCUT2D eigenvalue weighted by Crippen LogP contribution is 2.32. The molecular formula is C19H16F3N3O3S. The molecule has 0 bridgehead atoms. The van der Waals surface area contributed by atoms with Gasteiger partial charge in [-0.15, -0.1) is 13.2 Å². The maximum atomic E-state index is 12.4. The number of alkyl halides is 3. The van der Waals surface area contributed by atoms with Crippen LogP contribution in [0.15, 0.2) is 59.9 Å². The van der Waals surface area contributed by atoms with E-state index < -0.39 is 12.3 Å². The summed E-state index contributed by atoms with van der Waals surface area (Å²) in [5.74, 6) is -0.158. The van der Waals surface area contributed by atoms with Gasteiger partial charge in [-0.05, 0) is 48.5 Å². The van der Waals surface area contributed by atoms with Crippen molar-refractivity contribution < 1.29 is 27.4 Å². The summed E-state index contributed by atoms with van der Waals surface area (Å²) in [5, 5.41) is 0.471. The van der Waals surface area contributed by atoms with Crippen LogP contribution in [0.1, 0.15) is 0 Å². The second-order valence-corrected chi connectivity index (χ2v) is 6.73. The van der Waals surface area contributed by atoms with Gasteiger partial charge in [0.1, 0.15) is 11.5 Å². The van der Waals surface area contributed by atoms with Crippen LogP contribution in [0.25, 0.3) is 16.9 Å². The molecule has 0 aliphatic heterocycles. The number of nitrogens with zero attached hydrogens (tertiary/aromatic N) is 2. The van der Waals surface area contributed by atoms with Crippen molar-refractivity contribution in [1.29, 1.82) is 0 Å². The van der Waals surface area contributed by atoms with Gasteiger partial charge in [0, 0.05) is 11.3 Å². The lowest BCUT2D eigenvalue weighted by molar-refractivity contribution is -0.274. The van der Waals surface area contributed by atoms with Gasteiger partial charge in [-0.1, -0.05) is 11.8 Å². The summed E-state index contributed by atoms with van der Waals surface area (Å²) in [7, 11) is 1.56. The Hall–Kier alpha value is -3.14. The number of amides is 1. The lowest BCUT2D eigenvalue weighted by Gasteiger charge is -2.14. The van der Waals surface area contributed by atoms with Crippen molar-refractivity contribution in [2.75, 3.05) is 12.9 Å². The SMILES string of the molecule is COc1ccc(-c2cnc(SCC(N)=O)n2-c2ccc(OC(F)(F)F)cc2)cc1. The van der Waals surface area contributed by atoms with Crippen molar-refractivity contribution in [3.05, 3.63) is 54.7 Å². The normalized spacial score (nSPS) is 11.3. The fourth-order valence-electron chi connectivity index (χ4n) is 2.58. The Kier molecular flexibility index (Phi) is 6.02. The third-order valence-electron chi connectivity index (χ3n) is 3.79. The van der Waals surface area contributed by atoms with Gasteiger partial charge in [0.05, 0.1) is 24.8 Å². The Morgan fingerprint density at radius 1 is 1.10 bits per heavy atom. The molecule has 3 aromatic rings. The molecular weight excluding hydrogens is 407 g/mol. The topological polar surface area (TPSA) is 79.4 Å². The lowest BCUT2D eigenvalue weighted by Crippen LogP contribution is -2.17. The van der Waals surface area contributed by atoms with Crippen LogP contribution in [0.4, 0.5) is 13.2 Å². The van der Waals surface area contributed by atoms with E-state index in [-0.39, 0.29) is 11.5 Å². The predicted molar refractivity (Wildman–Crippen MR) is 102 cm³/mol. The number of nitrogens with two attached hydrogens (primary N) is 1. The van der Waals surface area contributed by atoms with E-state index in [9.17, 15) is 18.0 Å². The van der Waals surface area contributed by atoms with Crippen molar-refractivity contribution >= 4 is 17.7 Å². The molecule has 0 aliphatic carbocycles. The first-order valence-corrected chi connectivity index (χ1v) is 9.25. The van der Waals surface area contributed by atoms with Gasteiger partial charge >= 0.3 is 6.36 Å². The van der Waals surface area contributed by atoms with Gasteiger partial charge < -0.3 is 15.2 Å². The van der Waals surface area contributed by atoms with E-state index in [0.29, 0.717) is 22.3 Å². The van der Waals surface area contributed by atoms with E-state index in [4.69, 9.17) is 10.5 Å². The van der Waals surface area contributed by atoms with Crippen LogP contribution < -0.4 is 15.2 Å².